The number of esters is 2. The topological polar surface area (TPSA) is 111 Å². The molecule has 0 saturated carbocycles. The van der Waals surface area contributed by atoms with Crippen molar-refractivity contribution in [1.29, 1.82) is 0 Å². The normalized spacial score (nSPS) is 14.1. The number of phosphoric acid groups is 1. The Labute approximate surface area is 331 Å². The molecule has 2 unspecified atom stereocenters. The number of phosphoric ester groups is 1. The van der Waals surface area contributed by atoms with E-state index in [1.54, 1.807) is 0 Å². The van der Waals surface area contributed by atoms with Crippen LogP contribution in [0.2, 0.25) is 0 Å². The predicted molar refractivity (Wildman–Crippen MR) is 222 cm³/mol. The van der Waals surface area contributed by atoms with Crippen molar-refractivity contribution in [3.8, 4) is 0 Å². The van der Waals surface area contributed by atoms with Crippen LogP contribution in [0.1, 0.15) is 168 Å². The molecule has 0 heterocycles. The maximum atomic E-state index is 12.7. The number of quaternary nitrogens is 1. The Balaban J connectivity index is 4.41. The van der Waals surface area contributed by atoms with Gasteiger partial charge in [0.15, 0.2) is 6.10 Å². The van der Waals surface area contributed by atoms with Crippen LogP contribution in [0.4, 0.5) is 0 Å². The number of likely N-dealkylation sites (N-methyl/N-ethyl adjacent to an activating group) is 1. The molecule has 314 valence electrons. The molecule has 9 nitrogen and oxygen atoms in total. The third kappa shape index (κ3) is 39.7. The first-order valence-corrected chi connectivity index (χ1v) is 22.8. The molecule has 0 aliphatic rings. The molecule has 0 aromatic heterocycles. The van der Waals surface area contributed by atoms with Gasteiger partial charge in [-0.3, -0.25) is 14.2 Å². The molecule has 0 rings (SSSR count). The highest BCUT2D eigenvalue weighted by molar-refractivity contribution is 7.45. The third-order valence-corrected chi connectivity index (χ3v) is 9.77. The molecule has 0 spiro atoms. The molecule has 0 N–H and O–H groups in total. The monoisotopic (exact) mass is 782 g/mol. The second kappa shape index (κ2) is 36.6. The molecule has 0 aromatic carbocycles. The first-order chi connectivity index (χ1) is 26.0. The van der Waals surface area contributed by atoms with Crippen LogP contribution < -0.4 is 4.89 Å². The van der Waals surface area contributed by atoms with Crippen LogP contribution in [-0.4, -0.2) is 70.0 Å². The van der Waals surface area contributed by atoms with Crippen LogP contribution >= 0.6 is 7.82 Å². The standard InChI is InChI=1S/C44H80NO8P/c1-6-8-10-12-14-16-18-20-21-22-23-25-27-29-31-33-35-37-44(47)53-42(41-52-54(48,49)51-39-38-45(3,4)5)40-50-43(46)36-34-32-30-28-26-24-19-17-15-13-11-9-7-2/h11,13-14,16-17,19-21,42H,6-10,12,15,18,22-41H2,1-5H3/b13-11-,16-14-,19-17-,21-20-. The van der Waals surface area contributed by atoms with Gasteiger partial charge in [0.05, 0.1) is 27.7 Å². The highest BCUT2D eigenvalue weighted by Crippen LogP contribution is 2.38. The summed E-state index contributed by atoms with van der Waals surface area (Å²) in [5.41, 5.74) is 0. The summed E-state index contributed by atoms with van der Waals surface area (Å²) in [7, 11) is 1.14. The summed E-state index contributed by atoms with van der Waals surface area (Å²) in [6.45, 7) is 4.10. The molecule has 0 fully saturated rings. The number of rotatable bonds is 38. The van der Waals surface area contributed by atoms with Gasteiger partial charge in [-0.2, -0.15) is 0 Å². The minimum absolute atomic E-state index is 0.0364. The van der Waals surface area contributed by atoms with Crippen LogP contribution in [0.3, 0.4) is 0 Å². The van der Waals surface area contributed by atoms with Crippen molar-refractivity contribution in [1.82, 2.24) is 0 Å². The van der Waals surface area contributed by atoms with Gasteiger partial charge in [0, 0.05) is 12.8 Å². The van der Waals surface area contributed by atoms with Crippen LogP contribution in [0.15, 0.2) is 48.6 Å². The van der Waals surface area contributed by atoms with E-state index in [4.69, 9.17) is 18.5 Å². The summed E-state index contributed by atoms with van der Waals surface area (Å²) in [6.07, 6.45) is 41.3. The number of allylic oxidation sites excluding steroid dienone is 8. The molecule has 0 aromatic rings. The lowest BCUT2D eigenvalue weighted by Crippen LogP contribution is -2.37. The summed E-state index contributed by atoms with van der Waals surface area (Å²) in [5, 5.41) is 0. The first kappa shape index (κ1) is 52.0. The lowest BCUT2D eigenvalue weighted by atomic mass is 10.1. The van der Waals surface area contributed by atoms with Crippen molar-refractivity contribution in [3.05, 3.63) is 48.6 Å². The molecule has 0 amide bonds. The number of ether oxygens (including phenoxy) is 2. The summed E-state index contributed by atoms with van der Waals surface area (Å²) in [6, 6.07) is 0. The molecule has 0 radical (unpaired) electrons. The Hall–Kier alpha value is -2.03. The van der Waals surface area contributed by atoms with E-state index in [0.29, 0.717) is 23.9 Å². The molecule has 54 heavy (non-hydrogen) atoms. The Morgan fingerprint density at radius 3 is 1.54 bits per heavy atom. The van der Waals surface area contributed by atoms with Crippen molar-refractivity contribution in [3.63, 3.8) is 0 Å². The second-order valence-electron chi connectivity index (χ2n) is 15.3. The van der Waals surface area contributed by atoms with E-state index in [1.807, 2.05) is 21.1 Å². The molecule has 0 aliphatic heterocycles. The summed E-state index contributed by atoms with van der Waals surface area (Å²) in [5.74, 6) is -0.863. The molecule has 0 bridgehead atoms. The van der Waals surface area contributed by atoms with Gasteiger partial charge in [0.2, 0.25) is 0 Å². The van der Waals surface area contributed by atoms with Gasteiger partial charge in [0.25, 0.3) is 7.82 Å². The zero-order chi connectivity index (χ0) is 40.0. The fourth-order valence-electron chi connectivity index (χ4n) is 5.43. The quantitative estimate of drug-likeness (QED) is 0.0200. The minimum atomic E-state index is -4.63. The van der Waals surface area contributed by atoms with Crippen LogP contribution in [-0.2, 0) is 32.7 Å². The number of hydrogen-bond donors (Lipinski definition) is 0. The summed E-state index contributed by atoms with van der Waals surface area (Å²) < 4.78 is 33.8. The summed E-state index contributed by atoms with van der Waals surface area (Å²) in [4.78, 5) is 37.5. The van der Waals surface area contributed by atoms with Crippen LogP contribution in [0, 0.1) is 0 Å². The van der Waals surface area contributed by atoms with Crippen molar-refractivity contribution >= 4 is 19.8 Å². The smallest absolute Gasteiger partial charge is 0.306 e. The van der Waals surface area contributed by atoms with Gasteiger partial charge < -0.3 is 27.9 Å². The fourth-order valence-corrected chi connectivity index (χ4v) is 6.16. The average molecular weight is 782 g/mol. The minimum Gasteiger partial charge on any atom is -0.756 e. The van der Waals surface area contributed by atoms with E-state index in [0.717, 1.165) is 77.0 Å². The van der Waals surface area contributed by atoms with Crippen LogP contribution in [0.5, 0.6) is 0 Å². The number of carbonyl (C=O) groups excluding carboxylic acids is 2. The molecular formula is C44H80NO8P. The van der Waals surface area contributed by atoms with Gasteiger partial charge in [-0.1, -0.05) is 133 Å². The number of nitrogens with zero attached hydrogens (tertiary/aromatic N) is 1. The number of hydrogen-bond acceptors (Lipinski definition) is 8. The fraction of sp³-hybridized carbons (Fsp3) is 0.773. The van der Waals surface area contributed by atoms with Gasteiger partial charge in [-0.05, 0) is 70.6 Å². The Morgan fingerprint density at radius 1 is 0.574 bits per heavy atom. The molecular weight excluding hydrogens is 701 g/mol. The largest absolute Gasteiger partial charge is 0.756 e. The van der Waals surface area contributed by atoms with Crippen molar-refractivity contribution in [2.45, 2.75) is 174 Å². The Kier molecular flexibility index (Phi) is 35.2. The van der Waals surface area contributed by atoms with Gasteiger partial charge in [0.1, 0.15) is 19.8 Å². The SMILES string of the molecule is CCC/C=C\C/C=C\CCCCCCCC(=O)OCC(COP(=O)([O-])OCC[N+](C)(C)C)OC(=O)CCCCCCCCC/C=C\C/C=C\CCCCC. The van der Waals surface area contributed by atoms with Gasteiger partial charge in [-0.25, -0.2) is 0 Å². The molecule has 2 atom stereocenters. The van der Waals surface area contributed by atoms with Gasteiger partial charge >= 0.3 is 11.9 Å². The second-order valence-corrected chi connectivity index (χ2v) is 16.8. The highest BCUT2D eigenvalue weighted by Gasteiger charge is 2.21. The Morgan fingerprint density at radius 2 is 1.04 bits per heavy atom. The maximum absolute atomic E-state index is 12.7. The molecule has 0 saturated heterocycles. The van der Waals surface area contributed by atoms with Crippen molar-refractivity contribution in [2.75, 3.05) is 47.5 Å². The van der Waals surface area contributed by atoms with E-state index in [-0.39, 0.29) is 26.1 Å². The predicted octanol–water partition coefficient (Wildman–Crippen LogP) is 11.3. The van der Waals surface area contributed by atoms with E-state index >= 15 is 0 Å². The average Bonchev–Trinajstić information content (AvgIpc) is 3.12. The van der Waals surface area contributed by atoms with E-state index in [9.17, 15) is 19.0 Å². The zero-order valence-electron chi connectivity index (χ0n) is 35.2. The zero-order valence-corrected chi connectivity index (χ0v) is 36.0. The van der Waals surface area contributed by atoms with E-state index < -0.39 is 32.5 Å². The van der Waals surface area contributed by atoms with Crippen molar-refractivity contribution in [2.24, 2.45) is 0 Å². The number of unbranched alkanes of at least 4 members (excludes halogenated alkanes) is 16. The van der Waals surface area contributed by atoms with E-state index in [1.165, 1.54) is 51.4 Å². The molecule has 10 heteroatoms. The highest BCUT2D eigenvalue weighted by atomic mass is 31.2. The van der Waals surface area contributed by atoms with E-state index in [2.05, 4.69) is 62.5 Å². The van der Waals surface area contributed by atoms with Crippen molar-refractivity contribution < 1.29 is 42.1 Å². The molecule has 0 aliphatic carbocycles. The van der Waals surface area contributed by atoms with Crippen LogP contribution in [0.25, 0.3) is 0 Å². The third-order valence-electron chi connectivity index (χ3n) is 8.80. The summed E-state index contributed by atoms with van der Waals surface area (Å²) >= 11 is 0. The first-order valence-electron chi connectivity index (χ1n) is 21.3. The maximum Gasteiger partial charge on any atom is 0.306 e. The number of carbonyl (C=O) groups is 2. The Bertz CT molecular complexity index is 1070. The lowest BCUT2D eigenvalue weighted by Gasteiger charge is -2.28. The lowest BCUT2D eigenvalue weighted by molar-refractivity contribution is -0.870. The van der Waals surface area contributed by atoms with Gasteiger partial charge in [-0.15, -0.1) is 0 Å².